The summed E-state index contributed by atoms with van der Waals surface area (Å²) in [5.41, 5.74) is 0.888. The third-order valence-electron chi connectivity index (χ3n) is 3.94. The first-order chi connectivity index (χ1) is 10.5. The Kier molecular flexibility index (Phi) is 5.76. The number of hydrogen-bond donors (Lipinski definition) is 1. The zero-order chi connectivity index (χ0) is 16.1. The largest absolute Gasteiger partial charge is 0.481 e. The number of rotatable bonds is 6. The fourth-order valence-corrected chi connectivity index (χ4v) is 3.31. The lowest BCUT2D eigenvalue weighted by Gasteiger charge is -2.32. The number of hydrogen-bond acceptors (Lipinski definition) is 5. The summed E-state index contributed by atoms with van der Waals surface area (Å²) in [5.74, 6) is -0.128. The summed E-state index contributed by atoms with van der Waals surface area (Å²) >= 11 is 1.45. The molecule has 2 rings (SSSR count). The molecule has 1 fully saturated rings. The summed E-state index contributed by atoms with van der Waals surface area (Å²) in [6, 6.07) is 0. The van der Waals surface area contributed by atoms with E-state index in [4.69, 9.17) is 5.11 Å². The van der Waals surface area contributed by atoms with Crippen LogP contribution in [0, 0.1) is 12.8 Å². The van der Waals surface area contributed by atoms with Gasteiger partial charge in [0.2, 0.25) is 5.91 Å². The van der Waals surface area contributed by atoms with Crippen LogP contribution in [0.1, 0.15) is 31.9 Å². The lowest BCUT2D eigenvalue weighted by Crippen LogP contribution is -2.44. The van der Waals surface area contributed by atoms with E-state index in [1.54, 1.807) is 4.90 Å². The molecule has 122 valence electrons. The van der Waals surface area contributed by atoms with E-state index in [1.165, 1.54) is 11.3 Å². The number of likely N-dealkylation sites (tertiary alicyclic amines) is 1. The number of aryl methyl sites for hydroxylation is 1. The van der Waals surface area contributed by atoms with E-state index in [0.29, 0.717) is 12.5 Å². The molecule has 1 aromatic heterocycles. The van der Waals surface area contributed by atoms with E-state index in [-0.39, 0.29) is 18.9 Å². The highest BCUT2D eigenvalue weighted by Crippen LogP contribution is 2.21. The van der Waals surface area contributed by atoms with E-state index in [1.807, 2.05) is 17.2 Å². The van der Waals surface area contributed by atoms with Gasteiger partial charge in [0.1, 0.15) is 0 Å². The lowest BCUT2D eigenvalue weighted by atomic mass is 9.99. The smallest absolute Gasteiger partial charge is 0.305 e. The van der Waals surface area contributed by atoms with Crippen molar-refractivity contribution in [3.8, 4) is 0 Å². The normalized spacial score (nSPS) is 15.8. The molecular weight excluding hydrogens is 302 g/mol. The highest BCUT2D eigenvalue weighted by Gasteiger charge is 2.23. The second kappa shape index (κ2) is 7.58. The average Bonchev–Trinajstić information content (AvgIpc) is 2.90. The topological polar surface area (TPSA) is 73.7 Å². The van der Waals surface area contributed by atoms with Crippen LogP contribution in [-0.4, -0.2) is 53.0 Å². The average molecular weight is 325 g/mol. The van der Waals surface area contributed by atoms with Crippen molar-refractivity contribution in [2.75, 3.05) is 31.1 Å². The van der Waals surface area contributed by atoms with Gasteiger partial charge in [-0.25, -0.2) is 4.98 Å². The van der Waals surface area contributed by atoms with Crippen LogP contribution in [-0.2, 0) is 9.59 Å². The Balaban J connectivity index is 1.99. The fraction of sp³-hybridized carbons (Fsp3) is 0.667. The molecular formula is C15H23N3O3S. The summed E-state index contributed by atoms with van der Waals surface area (Å²) < 4.78 is 0. The van der Waals surface area contributed by atoms with E-state index in [9.17, 15) is 9.59 Å². The maximum Gasteiger partial charge on any atom is 0.305 e. The number of carboxylic acid groups (broad SMARTS) is 1. The van der Waals surface area contributed by atoms with Gasteiger partial charge in [-0.3, -0.25) is 9.59 Å². The van der Waals surface area contributed by atoms with Gasteiger partial charge in [-0.1, -0.05) is 6.92 Å². The molecule has 2 heterocycles. The summed E-state index contributed by atoms with van der Waals surface area (Å²) in [6.07, 6.45) is 2.08. The molecule has 0 saturated carbocycles. The number of thiazole rings is 1. The molecule has 0 atom stereocenters. The van der Waals surface area contributed by atoms with Gasteiger partial charge in [0, 0.05) is 25.0 Å². The van der Waals surface area contributed by atoms with Crippen LogP contribution in [0.5, 0.6) is 0 Å². The lowest BCUT2D eigenvalue weighted by molar-refractivity contribution is -0.137. The van der Waals surface area contributed by atoms with Gasteiger partial charge in [0.05, 0.1) is 18.7 Å². The zero-order valence-corrected chi connectivity index (χ0v) is 13.9. The van der Waals surface area contributed by atoms with E-state index in [0.717, 1.165) is 36.8 Å². The molecule has 0 radical (unpaired) electrons. The number of amides is 1. The van der Waals surface area contributed by atoms with Gasteiger partial charge < -0.3 is 14.9 Å². The minimum atomic E-state index is -0.863. The standard InChI is InChI=1S/C15H23N3O3S/c1-11-3-6-17(7-4-11)13(19)9-18(8-5-14(20)21)15-16-12(2)10-22-15/h10-11H,3-9H2,1-2H3,(H,20,21). The van der Waals surface area contributed by atoms with Gasteiger partial charge in [0.25, 0.3) is 0 Å². The number of carbonyl (C=O) groups is 2. The molecule has 7 heteroatoms. The minimum Gasteiger partial charge on any atom is -0.481 e. The van der Waals surface area contributed by atoms with Gasteiger partial charge in [-0.15, -0.1) is 11.3 Å². The van der Waals surface area contributed by atoms with E-state index >= 15 is 0 Å². The Bertz CT molecular complexity index is 524. The van der Waals surface area contributed by atoms with Crippen LogP contribution in [0.4, 0.5) is 5.13 Å². The number of piperidine rings is 1. The van der Waals surface area contributed by atoms with Crippen molar-refractivity contribution in [2.45, 2.75) is 33.1 Å². The number of anilines is 1. The molecule has 1 aromatic rings. The van der Waals surface area contributed by atoms with Crippen molar-refractivity contribution in [3.63, 3.8) is 0 Å². The third kappa shape index (κ3) is 4.69. The molecule has 0 aromatic carbocycles. The quantitative estimate of drug-likeness (QED) is 0.866. The van der Waals surface area contributed by atoms with Crippen molar-refractivity contribution in [2.24, 2.45) is 5.92 Å². The molecule has 1 saturated heterocycles. The first-order valence-electron chi connectivity index (χ1n) is 7.62. The first kappa shape index (κ1) is 16.7. The number of nitrogens with zero attached hydrogens (tertiary/aromatic N) is 3. The minimum absolute atomic E-state index is 0.00292. The van der Waals surface area contributed by atoms with Crippen molar-refractivity contribution in [1.82, 2.24) is 9.88 Å². The SMILES string of the molecule is Cc1csc(N(CCC(=O)O)CC(=O)N2CCC(C)CC2)n1. The summed E-state index contributed by atoms with van der Waals surface area (Å²) in [4.78, 5) is 31.3. The number of aromatic nitrogens is 1. The highest BCUT2D eigenvalue weighted by atomic mass is 32.1. The maximum atomic E-state index is 12.5. The van der Waals surface area contributed by atoms with E-state index < -0.39 is 5.97 Å². The van der Waals surface area contributed by atoms with Gasteiger partial charge in [-0.05, 0) is 25.7 Å². The molecule has 1 N–H and O–H groups in total. The maximum absolute atomic E-state index is 12.5. The summed E-state index contributed by atoms with van der Waals surface area (Å²) in [7, 11) is 0. The van der Waals surface area contributed by atoms with Crippen LogP contribution in [0.25, 0.3) is 0 Å². The Labute approximate surface area is 134 Å². The predicted molar refractivity (Wildman–Crippen MR) is 86.3 cm³/mol. The predicted octanol–water partition coefficient (Wildman–Crippen LogP) is 1.99. The molecule has 6 nitrogen and oxygen atoms in total. The molecule has 0 spiro atoms. The first-order valence-corrected chi connectivity index (χ1v) is 8.50. The van der Waals surface area contributed by atoms with Crippen LogP contribution >= 0.6 is 11.3 Å². The van der Waals surface area contributed by atoms with Crippen LogP contribution in [0.3, 0.4) is 0 Å². The molecule has 1 amide bonds. The number of carbonyl (C=O) groups excluding carboxylic acids is 1. The second-order valence-corrected chi connectivity index (χ2v) is 6.74. The van der Waals surface area contributed by atoms with Crippen LogP contribution in [0.15, 0.2) is 5.38 Å². The fourth-order valence-electron chi connectivity index (χ4n) is 2.48. The molecule has 0 bridgehead atoms. The molecule has 0 aliphatic carbocycles. The zero-order valence-electron chi connectivity index (χ0n) is 13.1. The molecule has 0 unspecified atom stereocenters. The van der Waals surface area contributed by atoms with Crippen molar-refractivity contribution in [3.05, 3.63) is 11.1 Å². The second-order valence-electron chi connectivity index (χ2n) is 5.90. The summed E-state index contributed by atoms with van der Waals surface area (Å²) in [5, 5.41) is 11.5. The van der Waals surface area contributed by atoms with Crippen molar-refractivity contribution >= 4 is 28.3 Å². The Morgan fingerprint density at radius 2 is 2.14 bits per heavy atom. The Morgan fingerprint density at radius 3 is 2.68 bits per heavy atom. The Hall–Kier alpha value is -1.63. The Morgan fingerprint density at radius 1 is 1.45 bits per heavy atom. The molecule has 22 heavy (non-hydrogen) atoms. The van der Waals surface area contributed by atoms with Gasteiger partial charge >= 0.3 is 5.97 Å². The molecule has 1 aliphatic heterocycles. The van der Waals surface area contributed by atoms with Crippen LogP contribution < -0.4 is 4.90 Å². The van der Waals surface area contributed by atoms with Crippen LogP contribution in [0.2, 0.25) is 0 Å². The summed E-state index contributed by atoms with van der Waals surface area (Å²) in [6.45, 7) is 6.20. The third-order valence-corrected chi connectivity index (χ3v) is 4.95. The van der Waals surface area contributed by atoms with Gasteiger partial charge in [0.15, 0.2) is 5.13 Å². The molecule has 1 aliphatic rings. The number of aliphatic carboxylic acids is 1. The number of carboxylic acids is 1. The monoisotopic (exact) mass is 325 g/mol. The van der Waals surface area contributed by atoms with E-state index in [2.05, 4.69) is 11.9 Å². The highest BCUT2D eigenvalue weighted by molar-refractivity contribution is 7.13. The van der Waals surface area contributed by atoms with Gasteiger partial charge in [-0.2, -0.15) is 0 Å². The van der Waals surface area contributed by atoms with Crippen molar-refractivity contribution < 1.29 is 14.7 Å². The van der Waals surface area contributed by atoms with Crippen molar-refractivity contribution in [1.29, 1.82) is 0 Å².